The fourth-order valence-electron chi connectivity index (χ4n) is 1.66. The molecule has 1 aromatic carbocycles. The second kappa shape index (κ2) is 8.62. The van der Waals surface area contributed by atoms with Gasteiger partial charge in [-0.1, -0.05) is 17.5 Å². The Morgan fingerprint density at radius 2 is 2.15 bits per heavy atom. The van der Waals surface area contributed by atoms with Crippen molar-refractivity contribution in [2.45, 2.75) is 23.6 Å². The van der Waals surface area contributed by atoms with Crippen LogP contribution >= 0.6 is 23.4 Å². The number of halogens is 5. The van der Waals surface area contributed by atoms with Crippen molar-refractivity contribution in [1.29, 1.82) is 0 Å². The summed E-state index contributed by atoms with van der Waals surface area (Å²) in [4.78, 5) is 11.2. The van der Waals surface area contributed by atoms with E-state index in [1.165, 1.54) is 6.07 Å². The van der Waals surface area contributed by atoms with Crippen LogP contribution in [0.2, 0.25) is 5.02 Å². The monoisotopic (exact) mass is 412 g/mol. The fraction of sp³-hybridized carbons (Fsp3) is 0.333. The van der Waals surface area contributed by atoms with Crippen molar-refractivity contribution in [2.75, 3.05) is 11.2 Å². The van der Waals surface area contributed by atoms with Crippen molar-refractivity contribution < 1.29 is 32.6 Å². The Balaban J connectivity index is 3.12. The molecule has 2 atom stereocenters. The largest absolute Gasteiger partial charge is 0.481 e. The molecule has 0 spiro atoms. The van der Waals surface area contributed by atoms with Crippen LogP contribution in [0.15, 0.2) is 22.1 Å². The molecule has 0 aliphatic rings. The highest BCUT2D eigenvalue weighted by Crippen LogP contribution is 2.36. The van der Waals surface area contributed by atoms with Gasteiger partial charge in [0.2, 0.25) is 5.60 Å². The summed E-state index contributed by atoms with van der Waals surface area (Å²) < 4.78 is 52.9. The van der Waals surface area contributed by atoms with E-state index in [-0.39, 0.29) is 22.7 Å². The lowest BCUT2D eigenvalue weighted by molar-refractivity contribution is -0.245. The maximum atomic E-state index is 13.8. The Morgan fingerprint density at radius 1 is 1.54 bits per heavy atom. The van der Waals surface area contributed by atoms with Crippen LogP contribution in [0.25, 0.3) is 0 Å². The van der Waals surface area contributed by atoms with Gasteiger partial charge in [-0.3, -0.25) is 10.2 Å². The minimum absolute atomic E-state index is 0.0336. The van der Waals surface area contributed by atoms with Gasteiger partial charge in [-0.25, -0.2) is 4.39 Å². The first-order valence-electron chi connectivity index (χ1n) is 6.81. The van der Waals surface area contributed by atoms with E-state index in [1.54, 1.807) is 0 Å². The number of aliphatic hydroxyl groups is 1. The summed E-state index contributed by atoms with van der Waals surface area (Å²) in [6.07, 6.45) is -0.244. The van der Waals surface area contributed by atoms with E-state index in [4.69, 9.17) is 23.1 Å². The fourth-order valence-corrected chi connectivity index (χ4v) is 2.61. The number of nitrogens with one attached hydrogen (secondary N) is 1. The van der Waals surface area contributed by atoms with Crippen LogP contribution in [0.3, 0.4) is 0 Å². The normalized spacial score (nSPS) is 15.3. The van der Waals surface area contributed by atoms with Crippen molar-refractivity contribution in [3.05, 3.63) is 23.0 Å². The van der Waals surface area contributed by atoms with Crippen LogP contribution in [0, 0.1) is 24.1 Å². The predicted octanol–water partition coefficient (Wildman–Crippen LogP) is 3.62. The zero-order valence-corrected chi connectivity index (χ0v) is 14.7. The molecule has 0 saturated carbocycles. The van der Waals surface area contributed by atoms with Gasteiger partial charge in [-0.15, -0.1) is 18.2 Å². The number of rotatable bonds is 7. The highest BCUT2D eigenvalue weighted by atomic mass is 35.5. The summed E-state index contributed by atoms with van der Waals surface area (Å²) >= 11 is 6.92. The summed E-state index contributed by atoms with van der Waals surface area (Å²) in [6.45, 7) is 0.666. The molecule has 1 rings (SSSR count). The number of carbonyl (C=O) groups is 1. The summed E-state index contributed by atoms with van der Waals surface area (Å²) in [6, 6.07) is 2.08. The Kier molecular flexibility index (Phi) is 7.32. The van der Waals surface area contributed by atoms with Gasteiger partial charge < -0.3 is 10.2 Å². The molecule has 11 heteroatoms. The van der Waals surface area contributed by atoms with Gasteiger partial charge in [0.1, 0.15) is 5.82 Å². The second-order valence-corrected chi connectivity index (χ2v) is 6.43. The van der Waals surface area contributed by atoms with Crippen molar-refractivity contribution in [3.63, 3.8) is 0 Å². The molecule has 26 heavy (non-hydrogen) atoms. The number of carboxylic acid groups (broad SMARTS) is 1. The Hall–Kier alpha value is -1.96. The molecule has 0 amide bonds. The highest BCUT2D eigenvalue weighted by Gasteiger charge is 2.58. The minimum Gasteiger partial charge on any atom is -0.481 e. The first-order chi connectivity index (χ1) is 11.9. The molecule has 0 aromatic heterocycles. The van der Waals surface area contributed by atoms with Crippen molar-refractivity contribution in [1.82, 2.24) is 0 Å². The molecule has 3 N–H and O–H groups in total. The number of carboxylic acids is 1. The summed E-state index contributed by atoms with van der Waals surface area (Å²) in [5.41, 5.74) is -2.09. The van der Waals surface area contributed by atoms with Crippen LogP contribution in [0.1, 0.15) is 6.92 Å². The van der Waals surface area contributed by atoms with Gasteiger partial charge in [0.25, 0.3) is 0 Å². The summed E-state index contributed by atoms with van der Waals surface area (Å²) in [7, 11) is 0. The molecule has 1 aromatic rings. The number of nitrogens with zero attached hydrogens (tertiary/aromatic N) is 1. The third kappa shape index (κ3) is 5.03. The number of anilines is 1. The van der Waals surface area contributed by atoms with Crippen LogP contribution in [-0.4, -0.2) is 39.9 Å². The van der Waals surface area contributed by atoms with E-state index in [2.05, 4.69) is 11.0 Å². The number of hydrogen-bond acceptors (Lipinski definition) is 5. The standard InChI is InChI=1S/C15H13ClF4N2O3S/c1-3-4-26-12-6-11(10(17)5-9(12)16)22-21-7-14(25,15(18,19)20)8(2)13(23)24/h1,5-8,22,25H,4H2,2H3,(H,23,24)/b21-7-. The molecule has 0 bridgehead atoms. The van der Waals surface area contributed by atoms with Crippen molar-refractivity contribution in [3.8, 4) is 12.3 Å². The SMILES string of the molecule is C#CCSc1cc(N/N=C\C(O)(C(C)C(=O)O)C(F)(F)F)c(F)cc1Cl. The zero-order chi connectivity index (χ0) is 20.1. The number of hydrogen-bond donors (Lipinski definition) is 3. The van der Waals surface area contributed by atoms with Gasteiger partial charge in [-0.05, 0) is 19.1 Å². The third-order valence-electron chi connectivity index (χ3n) is 3.26. The first-order valence-corrected chi connectivity index (χ1v) is 8.17. The molecule has 0 fully saturated rings. The van der Waals surface area contributed by atoms with Crippen LogP contribution in [-0.2, 0) is 4.79 Å². The Labute approximate surface area is 155 Å². The molecular weight excluding hydrogens is 400 g/mol. The molecule has 5 nitrogen and oxygen atoms in total. The first kappa shape index (κ1) is 22.1. The van der Waals surface area contributed by atoms with E-state index in [0.717, 1.165) is 17.8 Å². The average Bonchev–Trinajstić information content (AvgIpc) is 2.53. The molecule has 0 heterocycles. The maximum absolute atomic E-state index is 13.8. The predicted molar refractivity (Wildman–Crippen MR) is 90.9 cm³/mol. The van der Waals surface area contributed by atoms with Crippen LogP contribution < -0.4 is 5.43 Å². The number of thioether (sulfide) groups is 1. The van der Waals surface area contributed by atoms with Gasteiger partial charge in [0.15, 0.2) is 0 Å². The van der Waals surface area contributed by atoms with Crippen molar-refractivity contribution in [2.24, 2.45) is 11.0 Å². The molecule has 0 aliphatic carbocycles. The van der Waals surface area contributed by atoms with E-state index in [0.29, 0.717) is 11.8 Å². The number of terminal acetylenes is 1. The third-order valence-corrected chi connectivity index (χ3v) is 4.65. The van der Waals surface area contributed by atoms with E-state index >= 15 is 0 Å². The van der Waals surface area contributed by atoms with E-state index in [1.807, 2.05) is 5.43 Å². The Bertz CT molecular complexity index is 752. The lowest BCUT2D eigenvalue weighted by atomic mass is 9.89. The van der Waals surface area contributed by atoms with Gasteiger partial charge in [-0.2, -0.15) is 18.3 Å². The highest BCUT2D eigenvalue weighted by molar-refractivity contribution is 7.99. The van der Waals surface area contributed by atoms with E-state index in [9.17, 15) is 27.5 Å². The lowest BCUT2D eigenvalue weighted by Crippen LogP contribution is -2.54. The average molecular weight is 413 g/mol. The minimum atomic E-state index is -5.32. The molecule has 2 unspecified atom stereocenters. The van der Waals surface area contributed by atoms with Gasteiger partial charge >= 0.3 is 12.1 Å². The summed E-state index contributed by atoms with van der Waals surface area (Å²) in [5, 5.41) is 21.7. The van der Waals surface area contributed by atoms with Crippen molar-refractivity contribution >= 4 is 41.2 Å². The molecule has 0 aliphatic heterocycles. The molecule has 0 radical (unpaired) electrons. The number of benzene rings is 1. The Morgan fingerprint density at radius 3 is 2.65 bits per heavy atom. The number of hydrazone groups is 1. The molecular formula is C15H13ClF4N2O3S. The quantitative estimate of drug-likeness (QED) is 0.209. The number of alkyl halides is 3. The van der Waals surface area contributed by atoms with Gasteiger partial charge in [0, 0.05) is 4.90 Å². The lowest BCUT2D eigenvalue weighted by Gasteiger charge is -2.29. The smallest absolute Gasteiger partial charge is 0.423 e. The zero-order valence-electron chi connectivity index (χ0n) is 13.1. The summed E-state index contributed by atoms with van der Waals surface area (Å²) in [5.74, 6) is -2.50. The molecule has 142 valence electrons. The topological polar surface area (TPSA) is 81.9 Å². The maximum Gasteiger partial charge on any atom is 0.423 e. The van der Waals surface area contributed by atoms with Gasteiger partial charge in [0.05, 0.1) is 28.6 Å². The molecule has 0 saturated heterocycles. The van der Waals surface area contributed by atoms with Crippen LogP contribution in [0.5, 0.6) is 0 Å². The second-order valence-electron chi connectivity index (χ2n) is 5.01. The van der Waals surface area contributed by atoms with Crippen LogP contribution in [0.4, 0.5) is 23.2 Å². The van der Waals surface area contributed by atoms with E-state index < -0.39 is 29.5 Å². The number of aliphatic carboxylic acids is 1.